The van der Waals surface area contributed by atoms with E-state index < -0.39 is 0 Å². The predicted molar refractivity (Wildman–Crippen MR) is 87.3 cm³/mol. The fraction of sp³-hybridized carbons (Fsp3) is 0.211. The van der Waals surface area contributed by atoms with E-state index in [0.29, 0.717) is 0 Å². The first-order chi connectivity index (χ1) is 10.3. The maximum absolute atomic E-state index is 12.3. The summed E-state index contributed by atoms with van der Waals surface area (Å²) in [5.41, 5.74) is 2.89. The van der Waals surface area contributed by atoms with Crippen LogP contribution in [0.5, 0.6) is 0 Å². The second-order valence-corrected chi connectivity index (χ2v) is 4.99. The first kappa shape index (κ1) is 15.0. The lowest BCUT2D eigenvalue weighted by molar-refractivity contribution is 0.104. The van der Waals surface area contributed by atoms with Gasteiger partial charge in [-0.1, -0.05) is 67.6 Å². The second-order valence-electron chi connectivity index (χ2n) is 4.99. The van der Waals surface area contributed by atoms with Gasteiger partial charge < -0.3 is 5.32 Å². The highest BCUT2D eigenvalue weighted by atomic mass is 16.1. The van der Waals surface area contributed by atoms with Crippen LogP contribution < -0.4 is 5.32 Å². The summed E-state index contributed by atoms with van der Waals surface area (Å²) >= 11 is 0. The van der Waals surface area contributed by atoms with Crippen molar-refractivity contribution in [2.75, 3.05) is 6.54 Å². The number of rotatable bonds is 7. The molecule has 2 nitrogen and oxygen atoms in total. The average molecular weight is 279 g/mol. The molecule has 0 aromatic heterocycles. The molecule has 0 unspecified atom stereocenters. The van der Waals surface area contributed by atoms with Crippen LogP contribution in [0.4, 0.5) is 0 Å². The first-order valence-electron chi connectivity index (χ1n) is 7.37. The quantitative estimate of drug-likeness (QED) is 0.613. The molecule has 0 amide bonds. The van der Waals surface area contributed by atoms with Gasteiger partial charge in [-0.05, 0) is 12.0 Å². The van der Waals surface area contributed by atoms with Crippen LogP contribution in [0.15, 0.2) is 72.4 Å². The van der Waals surface area contributed by atoms with E-state index >= 15 is 0 Å². The highest BCUT2D eigenvalue weighted by molar-refractivity contribution is 6.04. The van der Waals surface area contributed by atoms with Crippen LogP contribution in [0.2, 0.25) is 0 Å². The molecule has 0 atom stereocenters. The fourth-order valence-electron chi connectivity index (χ4n) is 2.11. The standard InChI is InChI=1S/C19H21NO/c1-2-13-20-18(14-16-9-5-3-6-10-16)15-19(21)17-11-7-4-8-12-17/h3-12,15,20H,2,13-14H2,1H3/b18-15+. The van der Waals surface area contributed by atoms with Crippen molar-refractivity contribution in [3.63, 3.8) is 0 Å². The monoisotopic (exact) mass is 279 g/mol. The summed E-state index contributed by atoms with van der Waals surface area (Å²) in [6.07, 6.45) is 3.50. The summed E-state index contributed by atoms with van der Waals surface area (Å²) < 4.78 is 0. The predicted octanol–water partition coefficient (Wildman–Crippen LogP) is 4.00. The van der Waals surface area contributed by atoms with E-state index in [1.165, 1.54) is 5.56 Å². The maximum atomic E-state index is 12.3. The van der Waals surface area contributed by atoms with Crippen molar-refractivity contribution in [3.05, 3.63) is 83.6 Å². The van der Waals surface area contributed by atoms with E-state index in [-0.39, 0.29) is 5.78 Å². The number of benzene rings is 2. The molecule has 2 aromatic carbocycles. The fourth-order valence-corrected chi connectivity index (χ4v) is 2.11. The Balaban J connectivity index is 2.15. The van der Waals surface area contributed by atoms with Gasteiger partial charge in [-0.2, -0.15) is 0 Å². The smallest absolute Gasteiger partial charge is 0.187 e. The van der Waals surface area contributed by atoms with Crippen molar-refractivity contribution in [2.24, 2.45) is 0 Å². The van der Waals surface area contributed by atoms with Gasteiger partial charge in [-0.3, -0.25) is 4.79 Å². The highest BCUT2D eigenvalue weighted by Gasteiger charge is 2.05. The van der Waals surface area contributed by atoms with Gasteiger partial charge in [0.25, 0.3) is 0 Å². The van der Waals surface area contributed by atoms with Crippen molar-refractivity contribution < 1.29 is 4.79 Å². The normalized spacial score (nSPS) is 11.2. The summed E-state index contributed by atoms with van der Waals surface area (Å²) in [7, 11) is 0. The SMILES string of the molecule is CCCN/C(=C/C(=O)c1ccccc1)Cc1ccccc1. The Labute approximate surface area is 126 Å². The van der Waals surface area contributed by atoms with Gasteiger partial charge in [0.05, 0.1) is 0 Å². The van der Waals surface area contributed by atoms with Gasteiger partial charge in [0.15, 0.2) is 5.78 Å². The number of allylic oxidation sites excluding steroid dienone is 2. The highest BCUT2D eigenvalue weighted by Crippen LogP contribution is 2.08. The molecule has 0 spiro atoms. The molecule has 0 fully saturated rings. The van der Waals surface area contributed by atoms with Crippen molar-refractivity contribution in [1.82, 2.24) is 5.32 Å². The third-order valence-corrected chi connectivity index (χ3v) is 3.20. The average Bonchev–Trinajstić information content (AvgIpc) is 2.54. The van der Waals surface area contributed by atoms with Crippen LogP contribution >= 0.6 is 0 Å². The van der Waals surface area contributed by atoms with Gasteiger partial charge in [0, 0.05) is 30.3 Å². The number of hydrogen-bond donors (Lipinski definition) is 1. The number of carbonyl (C=O) groups is 1. The van der Waals surface area contributed by atoms with E-state index in [0.717, 1.165) is 30.6 Å². The minimum Gasteiger partial charge on any atom is -0.388 e. The molecule has 0 radical (unpaired) electrons. The van der Waals surface area contributed by atoms with Crippen molar-refractivity contribution in [2.45, 2.75) is 19.8 Å². The Morgan fingerprint density at radius 1 is 1.00 bits per heavy atom. The molecule has 1 N–H and O–H groups in total. The van der Waals surface area contributed by atoms with Crippen LogP contribution in [0, 0.1) is 0 Å². The minimum atomic E-state index is 0.0464. The number of ketones is 1. The summed E-state index contributed by atoms with van der Waals surface area (Å²) in [5, 5.41) is 3.36. The summed E-state index contributed by atoms with van der Waals surface area (Å²) in [5.74, 6) is 0.0464. The zero-order valence-corrected chi connectivity index (χ0v) is 12.4. The van der Waals surface area contributed by atoms with Crippen LogP contribution in [-0.4, -0.2) is 12.3 Å². The van der Waals surface area contributed by atoms with E-state index in [1.807, 2.05) is 48.5 Å². The number of hydrogen-bond acceptors (Lipinski definition) is 2. The van der Waals surface area contributed by atoms with Crippen LogP contribution in [0.1, 0.15) is 29.3 Å². The number of carbonyl (C=O) groups excluding carboxylic acids is 1. The molecule has 2 rings (SSSR count). The molecule has 0 aliphatic carbocycles. The van der Waals surface area contributed by atoms with E-state index in [9.17, 15) is 4.79 Å². The maximum Gasteiger partial charge on any atom is 0.187 e. The summed E-state index contributed by atoms with van der Waals surface area (Å²) in [4.78, 5) is 12.3. The Morgan fingerprint density at radius 3 is 2.24 bits per heavy atom. The molecule has 0 saturated carbocycles. The van der Waals surface area contributed by atoms with Gasteiger partial charge in [0.1, 0.15) is 0 Å². The third kappa shape index (κ3) is 4.92. The summed E-state index contributed by atoms with van der Waals surface area (Å²) in [6.45, 7) is 2.99. The molecule has 0 saturated heterocycles. The lowest BCUT2D eigenvalue weighted by atomic mass is 10.1. The van der Waals surface area contributed by atoms with E-state index in [4.69, 9.17) is 0 Å². The topological polar surface area (TPSA) is 29.1 Å². The Morgan fingerprint density at radius 2 is 1.62 bits per heavy atom. The third-order valence-electron chi connectivity index (χ3n) is 3.20. The van der Waals surface area contributed by atoms with E-state index in [1.54, 1.807) is 6.08 Å². The molecule has 21 heavy (non-hydrogen) atoms. The molecule has 2 aromatic rings. The molecule has 0 aliphatic rings. The Kier molecular flexibility index (Phi) is 5.77. The van der Waals surface area contributed by atoms with Gasteiger partial charge >= 0.3 is 0 Å². The zero-order chi connectivity index (χ0) is 14.9. The molecular weight excluding hydrogens is 258 g/mol. The van der Waals surface area contributed by atoms with Crippen molar-refractivity contribution in [3.8, 4) is 0 Å². The zero-order valence-electron chi connectivity index (χ0n) is 12.4. The lowest BCUT2D eigenvalue weighted by Gasteiger charge is -2.10. The van der Waals surface area contributed by atoms with Crippen LogP contribution in [0.3, 0.4) is 0 Å². The Hall–Kier alpha value is -2.35. The van der Waals surface area contributed by atoms with Crippen LogP contribution in [0.25, 0.3) is 0 Å². The van der Waals surface area contributed by atoms with Gasteiger partial charge in [0.2, 0.25) is 0 Å². The molecule has 0 aliphatic heterocycles. The minimum absolute atomic E-state index is 0.0464. The number of nitrogens with one attached hydrogen (secondary N) is 1. The lowest BCUT2D eigenvalue weighted by Crippen LogP contribution is -2.17. The molecule has 0 heterocycles. The van der Waals surface area contributed by atoms with Gasteiger partial charge in [-0.15, -0.1) is 0 Å². The molecule has 108 valence electrons. The Bertz CT molecular complexity index is 587. The van der Waals surface area contributed by atoms with E-state index in [2.05, 4.69) is 24.4 Å². The second kappa shape index (κ2) is 8.05. The van der Waals surface area contributed by atoms with Crippen LogP contribution in [-0.2, 0) is 6.42 Å². The largest absolute Gasteiger partial charge is 0.388 e. The van der Waals surface area contributed by atoms with Crippen molar-refractivity contribution >= 4 is 5.78 Å². The van der Waals surface area contributed by atoms with Gasteiger partial charge in [-0.25, -0.2) is 0 Å². The van der Waals surface area contributed by atoms with Crippen molar-refractivity contribution in [1.29, 1.82) is 0 Å². The molecule has 2 heteroatoms. The molecule has 0 bridgehead atoms. The first-order valence-corrected chi connectivity index (χ1v) is 7.37. The molecular formula is C19H21NO. The summed E-state index contributed by atoms with van der Waals surface area (Å²) in [6, 6.07) is 19.6.